The average Bonchev–Trinajstić information content (AvgIpc) is 1.59. The lowest BCUT2D eigenvalue weighted by molar-refractivity contribution is -0.137. The first-order valence-electron chi connectivity index (χ1n) is 27.4. The molecule has 3 aromatic heterocycles. The van der Waals surface area contributed by atoms with E-state index in [1.807, 2.05) is 158 Å². The predicted octanol–water partition coefficient (Wildman–Crippen LogP) is 18.2. The van der Waals surface area contributed by atoms with Gasteiger partial charge >= 0.3 is 6.18 Å². The van der Waals surface area contributed by atoms with Crippen molar-refractivity contribution in [3.8, 4) is 114 Å². The van der Waals surface area contributed by atoms with E-state index in [9.17, 15) is 21.0 Å². The van der Waals surface area contributed by atoms with Crippen LogP contribution in [0.1, 0.15) is 27.8 Å². The van der Waals surface area contributed by atoms with Crippen molar-refractivity contribution in [3.05, 3.63) is 270 Å². The van der Waals surface area contributed by atoms with E-state index in [2.05, 4.69) is 24.3 Å². The normalized spacial score (nSPS) is 11.4. The maximum Gasteiger partial charge on any atom is 0.420 e. The van der Waals surface area contributed by atoms with Crippen LogP contribution in [0.25, 0.3) is 134 Å². The molecule has 9 nitrogen and oxygen atoms in total. The summed E-state index contributed by atoms with van der Waals surface area (Å²) in [6, 6.07) is 81.9. The number of aromatic nitrogens is 5. The number of alkyl halides is 3. The number of rotatable bonds is 9. The molecule has 0 amide bonds. The molecule has 12 heteroatoms. The van der Waals surface area contributed by atoms with Crippen LogP contribution in [0.3, 0.4) is 0 Å². The van der Waals surface area contributed by atoms with E-state index in [-0.39, 0.29) is 22.8 Å². The molecule has 0 saturated heterocycles. The van der Waals surface area contributed by atoms with Gasteiger partial charge in [0.15, 0.2) is 17.5 Å². The molecule has 402 valence electrons. The SMILES string of the molecule is N#Cc1cccc(-c2ccc3c(c2)c2cc(-c4cccc(C#N)c4)ccc2n3-c2cc(-c3nc(-c4ccccc4)nc(-c4ccccc4)n3)cc(-n3c4ccc(-c5cccc(C#N)c5)cc4c4cc(-c5cccc(C#N)c5)ccc43)c2C(F)(F)F)c1. The van der Waals surface area contributed by atoms with E-state index >= 15 is 13.2 Å². The van der Waals surface area contributed by atoms with Crippen LogP contribution in [0.5, 0.6) is 0 Å². The quantitative estimate of drug-likeness (QED) is 0.140. The van der Waals surface area contributed by atoms with Gasteiger partial charge in [-0.15, -0.1) is 0 Å². The number of nitriles is 4. The minimum Gasteiger partial charge on any atom is -0.309 e. The molecule has 0 bridgehead atoms. The maximum atomic E-state index is 17.5. The van der Waals surface area contributed by atoms with Crippen molar-refractivity contribution >= 4 is 43.6 Å². The van der Waals surface area contributed by atoms with Gasteiger partial charge in [-0.1, -0.05) is 133 Å². The van der Waals surface area contributed by atoms with E-state index in [0.29, 0.717) is 88.6 Å². The number of hydrogen-bond donors (Lipinski definition) is 0. The fourth-order valence-electron chi connectivity index (χ4n) is 11.7. The first-order chi connectivity index (χ1) is 42.0. The summed E-state index contributed by atoms with van der Waals surface area (Å²) in [4.78, 5) is 15.2. The lowest BCUT2D eigenvalue weighted by Gasteiger charge is -2.23. The van der Waals surface area contributed by atoms with Gasteiger partial charge in [-0.2, -0.15) is 34.2 Å². The van der Waals surface area contributed by atoms with E-state index in [0.717, 1.165) is 44.5 Å². The highest BCUT2D eigenvalue weighted by Crippen LogP contribution is 2.48. The van der Waals surface area contributed by atoms with Gasteiger partial charge in [-0.25, -0.2) is 15.0 Å². The molecule has 14 rings (SSSR count). The Morgan fingerprint density at radius 3 is 0.826 bits per heavy atom. The molecule has 3 heterocycles. The molecule has 0 fully saturated rings. The van der Waals surface area contributed by atoms with Gasteiger partial charge < -0.3 is 9.13 Å². The second-order valence-electron chi connectivity index (χ2n) is 20.8. The Morgan fingerprint density at radius 2 is 0.547 bits per heavy atom. The number of hydrogen-bond acceptors (Lipinski definition) is 7. The van der Waals surface area contributed by atoms with Gasteiger partial charge in [0.25, 0.3) is 0 Å². The Morgan fingerprint density at radius 1 is 0.279 bits per heavy atom. The maximum absolute atomic E-state index is 17.5. The van der Waals surface area contributed by atoms with Crippen LogP contribution in [0.2, 0.25) is 0 Å². The van der Waals surface area contributed by atoms with Crippen molar-refractivity contribution < 1.29 is 13.2 Å². The molecule has 0 radical (unpaired) electrons. The second kappa shape index (κ2) is 21.0. The van der Waals surface area contributed by atoms with Gasteiger partial charge in [0.1, 0.15) is 5.56 Å². The lowest BCUT2D eigenvalue weighted by atomic mass is 9.99. The zero-order valence-corrected chi connectivity index (χ0v) is 45.3. The summed E-state index contributed by atoms with van der Waals surface area (Å²) in [5.41, 5.74) is 9.81. The van der Waals surface area contributed by atoms with Gasteiger partial charge in [0, 0.05) is 38.2 Å². The molecule has 86 heavy (non-hydrogen) atoms. The number of nitrogens with zero attached hydrogens (tertiary/aromatic N) is 9. The van der Waals surface area contributed by atoms with Crippen LogP contribution in [-0.4, -0.2) is 24.1 Å². The molecule has 14 aromatic rings. The molecular formula is C74H40F3N9. The highest BCUT2D eigenvalue weighted by Gasteiger charge is 2.40. The fourth-order valence-corrected chi connectivity index (χ4v) is 11.7. The molecule has 0 saturated carbocycles. The van der Waals surface area contributed by atoms with Gasteiger partial charge in [0.2, 0.25) is 0 Å². The summed E-state index contributed by atoms with van der Waals surface area (Å²) in [7, 11) is 0. The molecule has 0 spiro atoms. The highest BCUT2D eigenvalue weighted by molar-refractivity contribution is 6.14. The van der Waals surface area contributed by atoms with Crippen LogP contribution in [0.4, 0.5) is 13.2 Å². The third-order valence-corrected chi connectivity index (χ3v) is 15.6. The van der Waals surface area contributed by atoms with Crippen molar-refractivity contribution in [3.63, 3.8) is 0 Å². The molecule has 0 N–H and O–H groups in total. The summed E-state index contributed by atoms with van der Waals surface area (Å²) in [6.07, 6.45) is -5.04. The minimum atomic E-state index is -5.04. The average molecular weight is 1110 g/mol. The van der Waals surface area contributed by atoms with E-state index in [1.54, 1.807) is 81.9 Å². The number of benzene rings is 11. The van der Waals surface area contributed by atoms with Crippen molar-refractivity contribution in [1.82, 2.24) is 24.1 Å². The van der Waals surface area contributed by atoms with Crippen molar-refractivity contribution in [2.75, 3.05) is 0 Å². The van der Waals surface area contributed by atoms with Crippen LogP contribution in [0, 0.1) is 45.3 Å². The topological polar surface area (TPSA) is 144 Å². The smallest absolute Gasteiger partial charge is 0.309 e. The van der Waals surface area contributed by atoms with Gasteiger partial charge in [-0.3, -0.25) is 0 Å². The first-order valence-corrected chi connectivity index (χ1v) is 27.4. The lowest BCUT2D eigenvalue weighted by Crippen LogP contribution is -2.16. The van der Waals surface area contributed by atoms with Crippen LogP contribution in [0.15, 0.2) is 243 Å². The number of halogens is 3. The van der Waals surface area contributed by atoms with Crippen molar-refractivity contribution in [2.24, 2.45) is 0 Å². The standard InChI is InChI=1S/C74H40F3N9/c75-74(76,77)70-68(85-64-27-23-55(51-19-7-11-45(31-51)41-78)35-60(64)61-36-56(24-28-65(61)85)52-20-8-12-46(32-52)42-79)39-59(73-83-71(49-15-3-1-4-16-49)82-72(84-73)50-17-5-2-6-18-50)40-69(70)86-66-29-25-57(53-21-9-13-47(33-53)43-80)37-62(66)63-38-58(26-30-67(63)86)54-22-10-14-48(34-54)44-81/h1-40H. The predicted molar refractivity (Wildman–Crippen MR) is 330 cm³/mol. The third kappa shape index (κ3) is 9.19. The fraction of sp³-hybridized carbons (Fsp3) is 0.0135. The monoisotopic (exact) mass is 1110 g/mol. The van der Waals surface area contributed by atoms with Crippen molar-refractivity contribution in [1.29, 1.82) is 21.0 Å². The van der Waals surface area contributed by atoms with Crippen molar-refractivity contribution in [2.45, 2.75) is 6.18 Å². The summed E-state index contributed by atoms with van der Waals surface area (Å²) in [5.74, 6) is 0.746. The Labute approximate surface area is 490 Å². The summed E-state index contributed by atoms with van der Waals surface area (Å²) >= 11 is 0. The first kappa shape index (κ1) is 51.9. The Bertz CT molecular complexity index is 4740. The van der Waals surface area contributed by atoms with Gasteiger partial charge in [0.05, 0.1) is 80.0 Å². The highest BCUT2D eigenvalue weighted by atomic mass is 19.4. The third-order valence-electron chi connectivity index (χ3n) is 15.6. The second-order valence-corrected chi connectivity index (χ2v) is 20.8. The van der Waals surface area contributed by atoms with Crippen LogP contribution < -0.4 is 0 Å². The molecule has 0 unspecified atom stereocenters. The molecule has 0 aliphatic rings. The van der Waals surface area contributed by atoms with Crippen LogP contribution in [-0.2, 0) is 6.18 Å². The summed E-state index contributed by atoms with van der Waals surface area (Å²) in [5, 5.41) is 42.3. The zero-order valence-electron chi connectivity index (χ0n) is 45.3. The van der Waals surface area contributed by atoms with E-state index < -0.39 is 11.7 Å². The van der Waals surface area contributed by atoms with Crippen LogP contribution >= 0.6 is 0 Å². The molecule has 0 aliphatic heterocycles. The molecule has 0 aliphatic carbocycles. The van der Waals surface area contributed by atoms with E-state index in [1.165, 1.54) is 12.1 Å². The molecule has 11 aromatic carbocycles. The zero-order chi connectivity index (χ0) is 58.6. The van der Waals surface area contributed by atoms with Gasteiger partial charge in [-0.05, 0) is 154 Å². The minimum absolute atomic E-state index is 0.120. The van der Waals surface area contributed by atoms with E-state index in [4.69, 9.17) is 15.0 Å². The molecular weight excluding hydrogens is 1070 g/mol. The summed E-state index contributed by atoms with van der Waals surface area (Å²) in [6.45, 7) is 0. The molecule has 0 atom stereocenters. The number of fused-ring (bicyclic) bond motifs is 6. The summed E-state index contributed by atoms with van der Waals surface area (Å²) < 4.78 is 55.7. The Kier molecular flexibility index (Phi) is 12.6. The largest absolute Gasteiger partial charge is 0.420 e. The Hall–Kier alpha value is -12.2. The Balaban J connectivity index is 1.13.